The fourth-order valence-corrected chi connectivity index (χ4v) is 11.2. The van der Waals surface area contributed by atoms with Crippen molar-refractivity contribution in [1.82, 2.24) is 0 Å². The van der Waals surface area contributed by atoms with Crippen LogP contribution in [0.4, 0.5) is 0 Å². The minimum atomic E-state index is -4.94. The van der Waals surface area contributed by atoms with Crippen molar-refractivity contribution < 1.29 is 75.8 Å². The van der Waals surface area contributed by atoms with Crippen molar-refractivity contribution in [2.75, 3.05) is 39.6 Å². The number of allylic oxidation sites excluding steroid dienone is 26. The number of rotatable bonds is 70. The van der Waals surface area contributed by atoms with Crippen molar-refractivity contribution in [1.29, 1.82) is 0 Å². The molecular weight excluding hydrogens is 1290 g/mol. The van der Waals surface area contributed by atoms with Crippen LogP contribution >= 0.6 is 15.6 Å². The summed E-state index contributed by atoms with van der Waals surface area (Å²) in [6, 6.07) is 0. The number of carbonyl (C=O) groups is 3. The Bertz CT molecular complexity index is 2430. The highest BCUT2D eigenvalue weighted by Crippen LogP contribution is 2.45. The maximum atomic E-state index is 12.9. The lowest BCUT2D eigenvalue weighted by Gasteiger charge is -2.21. The van der Waals surface area contributed by atoms with E-state index in [2.05, 4.69) is 179 Å². The number of aliphatic hydroxyl groups excluding tert-OH is 2. The molecule has 16 nitrogen and oxygen atoms in total. The monoisotopic (exact) mass is 1420 g/mol. The molecule has 0 aliphatic heterocycles. The second-order valence-electron chi connectivity index (χ2n) is 24.7. The molecule has 0 bridgehead atoms. The van der Waals surface area contributed by atoms with Gasteiger partial charge in [-0.1, -0.05) is 275 Å². The molecule has 0 fully saturated rings. The Morgan fingerprint density at radius 2 is 0.505 bits per heavy atom. The SMILES string of the molecule is CC/C=C\C/C=C\C/C=C\C/C=C\C/C=C\C/C=C\CCCCCCCCCCCCCCC(=O)OCC(O)COP(=O)(O)OCC(O)COP(=O)(O)OCC(COC(=O)CCCCCC/C=C\C/C=C\C/C=C\C/C=C\CC)OC(=O)CCCCCCC/C=C\C/C=C\C/C=C\CC. The molecule has 0 rings (SSSR count). The van der Waals surface area contributed by atoms with Gasteiger partial charge in [0.1, 0.15) is 25.4 Å². The minimum absolute atomic E-state index is 0.0750. The number of hydrogen-bond acceptors (Lipinski definition) is 14. The lowest BCUT2D eigenvalue weighted by molar-refractivity contribution is -0.161. The Kier molecular flexibility index (Phi) is 69.4. The summed E-state index contributed by atoms with van der Waals surface area (Å²) < 4.78 is 61.0. The second-order valence-corrected chi connectivity index (χ2v) is 27.6. The molecule has 0 aromatic rings. The van der Waals surface area contributed by atoms with Gasteiger partial charge in [0.05, 0.1) is 26.4 Å². The number of carbonyl (C=O) groups excluding carboxylic acids is 3. The van der Waals surface area contributed by atoms with Crippen LogP contribution in [-0.2, 0) is 55.8 Å². The van der Waals surface area contributed by atoms with Gasteiger partial charge in [-0.2, -0.15) is 0 Å². The van der Waals surface area contributed by atoms with Gasteiger partial charge in [-0.15, -0.1) is 0 Å². The van der Waals surface area contributed by atoms with Gasteiger partial charge < -0.3 is 34.2 Å². The molecule has 5 atom stereocenters. The summed E-state index contributed by atoms with van der Waals surface area (Å²) in [5.41, 5.74) is 0. The minimum Gasteiger partial charge on any atom is -0.463 e. The van der Waals surface area contributed by atoms with E-state index in [4.69, 9.17) is 32.3 Å². The summed E-state index contributed by atoms with van der Waals surface area (Å²) >= 11 is 0. The van der Waals surface area contributed by atoms with Gasteiger partial charge in [-0.25, -0.2) is 9.13 Å². The third-order valence-corrected chi connectivity index (χ3v) is 17.1. The summed E-state index contributed by atoms with van der Waals surface area (Å²) in [4.78, 5) is 58.5. The molecule has 99 heavy (non-hydrogen) atoms. The summed E-state index contributed by atoms with van der Waals surface area (Å²) in [6.45, 7) is 2.27. The predicted octanol–water partition coefficient (Wildman–Crippen LogP) is 21.9. The molecule has 0 saturated heterocycles. The van der Waals surface area contributed by atoms with Gasteiger partial charge in [0.25, 0.3) is 0 Å². The van der Waals surface area contributed by atoms with Crippen molar-refractivity contribution in [2.45, 2.75) is 296 Å². The predicted molar refractivity (Wildman–Crippen MR) is 408 cm³/mol. The van der Waals surface area contributed by atoms with E-state index in [1.54, 1.807) is 0 Å². The van der Waals surface area contributed by atoms with Gasteiger partial charge >= 0.3 is 33.6 Å². The maximum absolute atomic E-state index is 12.9. The normalized spacial score (nSPS) is 14.9. The van der Waals surface area contributed by atoms with E-state index in [-0.39, 0.29) is 19.3 Å². The van der Waals surface area contributed by atoms with Crippen LogP contribution in [0.15, 0.2) is 158 Å². The third kappa shape index (κ3) is 74.2. The first-order valence-corrected chi connectivity index (χ1v) is 40.8. The van der Waals surface area contributed by atoms with E-state index in [0.29, 0.717) is 19.3 Å². The second kappa shape index (κ2) is 72.9. The molecule has 0 heterocycles. The lowest BCUT2D eigenvalue weighted by atomic mass is 10.0. The molecule has 0 aliphatic rings. The average Bonchev–Trinajstić information content (AvgIpc) is 2.96. The van der Waals surface area contributed by atoms with Gasteiger partial charge in [0, 0.05) is 19.3 Å². The van der Waals surface area contributed by atoms with Crippen molar-refractivity contribution in [3.8, 4) is 0 Å². The number of aliphatic hydroxyl groups is 2. The number of phosphoric ester groups is 2. The largest absolute Gasteiger partial charge is 0.472 e. The molecule has 0 radical (unpaired) electrons. The highest BCUT2D eigenvalue weighted by atomic mass is 31.2. The van der Waals surface area contributed by atoms with Crippen molar-refractivity contribution in [2.24, 2.45) is 0 Å². The van der Waals surface area contributed by atoms with Crippen LogP contribution in [0.2, 0.25) is 0 Å². The fourth-order valence-electron chi connectivity index (χ4n) is 9.58. The van der Waals surface area contributed by atoms with Crippen LogP contribution in [0.3, 0.4) is 0 Å². The van der Waals surface area contributed by atoms with Crippen molar-refractivity contribution >= 4 is 33.6 Å². The Morgan fingerprint density at radius 1 is 0.283 bits per heavy atom. The van der Waals surface area contributed by atoms with E-state index in [1.165, 1.54) is 51.4 Å². The topological polar surface area (TPSA) is 231 Å². The van der Waals surface area contributed by atoms with Gasteiger partial charge in [-0.3, -0.25) is 32.5 Å². The summed E-state index contributed by atoms with van der Waals surface area (Å²) in [5.74, 6) is -1.63. The van der Waals surface area contributed by atoms with Crippen LogP contribution in [0.1, 0.15) is 278 Å². The Morgan fingerprint density at radius 3 is 0.798 bits per heavy atom. The number of ether oxygens (including phenoxy) is 3. The Hall–Kier alpha value is -4.83. The number of hydrogen-bond donors (Lipinski definition) is 4. The van der Waals surface area contributed by atoms with Crippen LogP contribution in [0, 0.1) is 0 Å². The molecule has 0 spiro atoms. The molecule has 0 amide bonds. The average molecular weight is 1430 g/mol. The number of unbranched alkanes of at least 4 members (excludes halogenated alkanes) is 21. The zero-order valence-electron chi connectivity index (χ0n) is 61.4. The lowest BCUT2D eigenvalue weighted by Crippen LogP contribution is -2.30. The molecule has 0 aromatic carbocycles. The molecule has 5 unspecified atom stereocenters. The van der Waals surface area contributed by atoms with E-state index in [0.717, 1.165) is 167 Å². The molecule has 0 saturated carbocycles. The first-order chi connectivity index (χ1) is 48.2. The van der Waals surface area contributed by atoms with E-state index in [9.17, 15) is 43.5 Å². The van der Waals surface area contributed by atoms with E-state index in [1.807, 2.05) is 0 Å². The number of phosphoric acid groups is 2. The maximum Gasteiger partial charge on any atom is 0.472 e. The van der Waals surface area contributed by atoms with E-state index < -0.39 is 91.5 Å². The fraction of sp³-hybridized carbons (Fsp3) is 0.642. The van der Waals surface area contributed by atoms with Gasteiger partial charge in [0.15, 0.2) is 6.10 Å². The molecule has 18 heteroatoms. The zero-order valence-corrected chi connectivity index (χ0v) is 63.1. The summed E-state index contributed by atoms with van der Waals surface area (Å²) in [5, 5.41) is 20.6. The van der Waals surface area contributed by atoms with Crippen LogP contribution in [-0.4, -0.2) is 95.9 Å². The van der Waals surface area contributed by atoms with E-state index >= 15 is 0 Å². The number of esters is 3. The Balaban J connectivity index is 4.51. The summed E-state index contributed by atoms with van der Waals surface area (Å²) in [7, 11) is -9.80. The zero-order chi connectivity index (χ0) is 72.3. The van der Waals surface area contributed by atoms with Crippen LogP contribution in [0.5, 0.6) is 0 Å². The Labute approximate surface area is 600 Å². The standard InChI is InChI=1S/C81H134O16P2/c1-4-7-10-13-16-19-22-25-28-30-31-32-33-34-35-36-37-38-39-40-41-42-43-45-48-49-52-55-58-61-64-67-79(84)91-70-76(82)71-93-98(87,88)94-72-77(83)73-95-99(89,90)96-75-78(97-81(86)69-66-63-60-57-54-51-46-27-24-21-18-15-12-9-6-3)74-92-80(85)68-65-62-59-56-53-50-47-44-29-26-23-20-17-14-11-8-5-2/h7-12,16-21,25-29,31-32,34-35,37-38,46-47,50,76-78,82-83H,4-6,13-15,22-24,30,33,36,39-45,48-49,51-75H2,1-3H3,(H,87,88)(H,89,90)/b10-7-,11-8-,12-9-,19-16-,20-17-,21-18-,28-25-,29-26-,32-31-,35-34-,38-37-,46-27-,50-47-. The molecule has 564 valence electrons. The smallest absolute Gasteiger partial charge is 0.463 e. The molecule has 4 N–H and O–H groups in total. The third-order valence-electron chi connectivity index (χ3n) is 15.2. The molecule has 0 aliphatic carbocycles. The van der Waals surface area contributed by atoms with Gasteiger partial charge in [-0.05, 0) is 141 Å². The first kappa shape index (κ1) is 94.2. The highest BCUT2D eigenvalue weighted by Gasteiger charge is 2.29. The van der Waals surface area contributed by atoms with Crippen molar-refractivity contribution in [3.05, 3.63) is 158 Å². The van der Waals surface area contributed by atoms with Crippen LogP contribution < -0.4 is 0 Å². The molecular formula is C81H134O16P2. The van der Waals surface area contributed by atoms with Gasteiger partial charge in [0.2, 0.25) is 0 Å². The summed E-state index contributed by atoms with van der Waals surface area (Å²) in [6.07, 6.45) is 90.2. The van der Waals surface area contributed by atoms with Crippen LogP contribution in [0.25, 0.3) is 0 Å². The highest BCUT2D eigenvalue weighted by molar-refractivity contribution is 7.47. The first-order valence-electron chi connectivity index (χ1n) is 37.8. The molecule has 0 aromatic heterocycles. The van der Waals surface area contributed by atoms with Crippen molar-refractivity contribution in [3.63, 3.8) is 0 Å². The quantitative estimate of drug-likeness (QED) is 0.0146.